The quantitative estimate of drug-likeness (QED) is 0.0235. The van der Waals surface area contributed by atoms with E-state index in [1.54, 1.807) is 30.5 Å². The van der Waals surface area contributed by atoms with Gasteiger partial charge in [-0.05, 0) is 121 Å². The number of phenols is 2. The first kappa shape index (κ1) is 55.9. The number of Topliss-reactive ketones (excluding diaryl/α,β-unsaturated/α-hetero) is 1. The monoisotopic (exact) mass is 1020 g/mol. The number of phenolic OH excluding ortho intramolecular Hbond substituents is 2. The smallest absolute Gasteiger partial charge is 0.246 e. The van der Waals surface area contributed by atoms with Crippen LogP contribution < -0.4 is 14.8 Å². The molecule has 0 saturated carbocycles. The highest BCUT2D eigenvalue weighted by Gasteiger charge is 2.44. The van der Waals surface area contributed by atoms with Gasteiger partial charge in [-0.1, -0.05) is 71.5 Å². The minimum atomic E-state index is -0.954. The Morgan fingerprint density at radius 2 is 1.48 bits per heavy atom. The molecule has 2 amide bonds. The van der Waals surface area contributed by atoms with Crippen molar-refractivity contribution in [1.29, 1.82) is 0 Å². The number of thiophene rings is 1. The van der Waals surface area contributed by atoms with Crippen molar-refractivity contribution in [1.82, 2.24) is 10.2 Å². The first-order valence-corrected chi connectivity index (χ1v) is 25.7. The van der Waals surface area contributed by atoms with Gasteiger partial charge in [-0.3, -0.25) is 19.4 Å². The second-order valence-electron chi connectivity index (χ2n) is 19.6. The molecule has 1 fully saturated rings. The zero-order valence-corrected chi connectivity index (χ0v) is 43.9. The molecule has 5 atom stereocenters. The molecule has 6 rings (SSSR count). The Balaban J connectivity index is 0.868. The van der Waals surface area contributed by atoms with Gasteiger partial charge in [0.25, 0.3) is 0 Å². The topological polar surface area (TPSA) is 186 Å². The number of amides is 2. The maximum atomic E-state index is 14.1. The van der Waals surface area contributed by atoms with E-state index < -0.39 is 35.4 Å². The average molecular weight is 1020 g/mol. The van der Waals surface area contributed by atoms with Gasteiger partial charge in [0.05, 0.1) is 50.1 Å². The number of aromatic hydroxyl groups is 2. The normalized spacial score (nSPS) is 16.5. The average Bonchev–Trinajstić information content (AvgIpc) is 3.93. The van der Waals surface area contributed by atoms with Crippen LogP contribution in [0.25, 0.3) is 26.1 Å². The minimum Gasteiger partial charge on any atom is -0.508 e. The number of nitrogens with zero attached hydrogens (tertiary/aromatic N) is 2. The number of likely N-dealkylation sites (tertiary alicyclic amines) is 1. The van der Waals surface area contributed by atoms with Crippen LogP contribution >= 0.6 is 11.3 Å². The summed E-state index contributed by atoms with van der Waals surface area (Å²) in [5.74, 6) is 1.45. The first-order valence-electron chi connectivity index (χ1n) is 24.9. The van der Waals surface area contributed by atoms with Crippen molar-refractivity contribution in [3.05, 3.63) is 120 Å². The van der Waals surface area contributed by atoms with E-state index in [2.05, 4.69) is 48.1 Å². The van der Waals surface area contributed by atoms with Crippen molar-refractivity contribution in [2.75, 3.05) is 52.8 Å². The molecule has 1 aliphatic rings. The number of nitrogens with one attached hydrogen (secondary N) is 1. The van der Waals surface area contributed by atoms with E-state index in [0.717, 1.165) is 49.3 Å². The van der Waals surface area contributed by atoms with Crippen molar-refractivity contribution < 1.29 is 53.4 Å². The fourth-order valence-corrected chi connectivity index (χ4v) is 9.84. The van der Waals surface area contributed by atoms with Gasteiger partial charge < -0.3 is 49.2 Å². The third-order valence-corrected chi connectivity index (χ3v) is 14.0. The predicted molar refractivity (Wildman–Crippen MR) is 288 cm³/mol. The lowest BCUT2D eigenvalue weighted by atomic mass is 9.84. The van der Waals surface area contributed by atoms with Crippen molar-refractivity contribution in [3.8, 4) is 39.2 Å². The maximum absolute atomic E-state index is 14.1. The molecule has 4 aromatic carbocycles. The van der Waals surface area contributed by atoms with E-state index in [-0.39, 0.29) is 68.3 Å². The van der Waals surface area contributed by atoms with Crippen molar-refractivity contribution in [2.45, 2.75) is 85.9 Å². The van der Waals surface area contributed by atoms with E-state index in [1.807, 2.05) is 90.1 Å². The van der Waals surface area contributed by atoms with E-state index in [0.29, 0.717) is 43.7 Å². The highest BCUT2D eigenvalue weighted by molar-refractivity contribution is 7.22. The molecule has 73 heavy (non-hydrogen) atoms. The second-order valence-corrected chi connectivity index (χ2v) is 20.6. The summed E-state index contributed by atoms with van der Waals surface area (Å²) >= 11 is 1.49. The summed E-state index contributed by atoms with van der Waals surface area (Å²) in [6.45, 7) is 18.9. The van der Waals surface area contributed by atoms with Crippen LogP contribution in [0.3, 0.4) is 0 Å². The lowest BCUT2D eigenvalue weighted by Gasteiger charge is -2.35. The number of β-amino-alcohol motifs (C(OH)–C–C–N with tert-alkyl or cyclic N) is 1. The number of carbonyl (C=O) groups excluding carboxylic acids is 3. The largest absolute Gasteiger partial charge is 0.508 e. The number of carbonyl (C=O) groups is 3. The van der Waals surface area contributed by atoms with E-state index in [1.165, 1.54) is 16.2 Å². The summed E-state index contributed by atoms with van der Waals surface area (Å²) in [4.78, 5) is 47.8. The summed E-state index contributed by atoms with van der Waals surface area (Å²) in [5, 5.41) is 34.3. The van der Waals surface area contributed by atoms with Gasteiger partial charge in [0, 0.05) is 47.0 Å². The number of aliphatic imine (C=N–C) groups is 1. The van der Waals surface area contributed by atoms with E-state index in [9.17, 15) is 29.7 Å². The Morgan fingerprint density at radius 3 is 2.12 bits per heavy atom. The number of hydrogen-bond donors (Lipinski definition) is 4. The number of rotatable bonds is 26. The molecular weight excluding hydrogens is 947 g/mol. The minimum absolute atomic E-state index is 0.0155. The number of ketones is 1. The van der Waals surface area contributed by atoms with Gasteiger partial charge in [-0.25, -0.2) is 0 Å². The number of hydrogen-bond acceptors (Lipinski definition) is 13. The predicted octanol–water partition coefficient (Wildman–Crippen LogP) is 10.2. The molecule has 2 unspecified atom stereocenters. The van der Waals surface area contributed by atoms with Crippen LogP contribution in [-0.2, 0) is 35.0 Å². The molecular formula is C58H71N3O11S. The number of benzene rings is 4. The SMILES string of the molecule is C=C/C(=C(/C)N=CC)c1ccc(CC(C)C(C)CC(=O)[C@@H]2C[C@@H](O)CN2C(=O)[C@@H](NC(=O)COCCOCCOCCOc2ccc(Oc3c(-c4ccc(O)cc4)sc4cc(O)ccc34)cc2)C(C)(C)C)cc1. The summed E-state index contributed by atoms with van der Waals surface area (Å²) in [7, 11) is 0. The number of fused-ring (bicyclic) bond motifs is 1. The van der Waals surface area contributed by atoms with E-state index in [4.69, 9.17) is 23.7 Å². The number of allylic oxidation sites excluding steroid dienone is 3. The van der Waals surface area contributed by atoms with E-state index >= 15 is 0 Å². The van der Waals surface area contributed by atoms with Gasteiger partial charge in [-0.2, -0.15) is 0 Å². The van der Waals surface area contributed by atoms with Crippen LogP contribution in [0.2, 0.25) is 0 Å². The molecule has 5 aromatic rings. The lowest BCUT2D eigenvalue weighted by molar-refractivity contribution is -0.144. The standard InChI is InChI=1S/C58H71N3O11S/c1-9-48(39(5)59-10-2)41-13-11-40(12-14-41)31-37(3)38(4)32-51(65)50-33-45(64)35-61(50)57(67)56(58(6,7)8)60-53(66)36-70-28-27-68-25-26-69-29-30-71-46-20-22-47(23-21-46)72-54-49-24-19-44(63)34-52(49)73-55(54)42-15-17-43(62)18-16-42/h9-24,34,37-38,45,50,56,62-64H,1,25-33,35-36H2,2-8H3,(H,60,66)/b48-39+,59-10?/t37?,38?,45-,50+,56-/m1/s1. The Bertz CT molecular complexity index is 2690. The molecule has 0 aliphatic carbocycles. The summed E-state index contributed by atoms with van der Waals surface area (Å²) in [5.41, 5.74) is 4.24. The van der Waals surface area contributed by atoms with Gasteiger partial charge in [-0.15, -0.1) is 11.3 Å². The van der Waals surface area contributed by atoms with Gasteiger partial charge >= 0.3 is 0 Å². The zero-order valence-electron chi connectivity index (χ0n) is 43.1. The highest BCUT2D eigenvalue weighted by atomic mass is 32.1. The molecule has 0 bridgehead atoms. The third kappa shape index (κ3) is 15.8. The summed E-state index contributed by atoms with van der Waals surface area (Å²) in [6.07, 6.45) is 3.91. The van der Waals surface area contributed by atoms with Crippen molar-refractivity contribution in [2.24, 2.45) is 22.2 Å². The molecule has 4 N–H and O–H groups in total. The van der Waals surface area contributed by atoms with Crippen LogP contribution in [0, 0.1) is 17.3 Å². The molecule has 1 aliphatic heterocycles. The van der Waals surface area contributed by atoms with Crippen molar-refractivity contribution in [3.63, 3.8) is 0 Å². The molecule has 15 heteroatoms. The van der Waals surface area contributed by atoms with Gasteiger partial charge in [0.1, 0.15) is 42.3 Å². The highest BCUT2D eigenvalue weighted by Crippen LogP contribution is 2.47. The molecule has 2 heterocycles. The van der Waals surface area contributed by atoms with Crippen LogP contribution in [-0.4, -0.2) is 115 Å². The zero-order chi connectivity index (χ0) is 52.7. The van der Waals surface area contributed by atoms with Crippen LogP contribution in [0.15, 0.2) is 114 Å². The maximum Gasteiger partial charge on any atom is 0.246 e. The van der Waals surface area contributed by atoms with Crippen molar-refractivity contribution >= 4 is 50.8 Å². The Labute approximate surface area is 433 Å². The number of aliphatic hydroxyl groups is 1. The number of aliphatic hydroxyl groups excluding tert-OH is 1. The molecule has 1 saturated heterocycles. The Hall–Kier alpha value is -6.36. The number of ether oxygens (including phenoxy) is 5. The second kappa shape index (κ2) is 26.5. The lowest BCUT2D eigenvalue weighted by Crippen LogP contribution is -2.57. The molecule has 390 valence electrons. The summed E-state index contributed by atoms with van der Waals surface area (Å²) in [6, 6.07) is 25.9. The Morgan fingerprint density at radius 1 is 0.849 bits per heavy atom. The first-order chi connectivity index (χ1) is 34.9. The Kier molecular flexibility index (Phi) is 20.3. The molecule has 1 aromatic heterocycles. The van der Waals surface area contributed by atoms with Crippen LogP contribution in [0.4, 0.5) is 0 Å². The summed E-state index contributed by atoms with van der Waals surface area (Å²) < 4.78 is 29.9. The van der Waals surface area contributed by atoms with Crippen LogP contribution in [0.1, 0.15) is 72.4 Å². The fraction of sp³-hybridized carbons (Fsp3) is 0.414. The fourth-order valence-electron chi connectivity index (χ4n) is 8.68. The molecule has 0 spiro atoms. The van der Waals surface area contributed by atoms with Gasteiger partial charge in [0.2, 0.25) is 11.8 Å². The molecule has 0 radical (unpaired) electrons. The molecule has 14 nitrogen and oxygen atoms in total. The van der Waals surface area contributed by atoms with Gasteiger partial charge in [0.15, 0.2) is 11.5 Å². The van der Waals surface area contributed by atoms with Crippen LogP contribution in [0.5, 0.6) is 28.7 Å². The third-order valence-electron chi connectivity index (χ3n) is 12.9.